The molecule has 0 spiro atoms. The lowest BCUT2D eigenvalue weighted by molar-refractivity contribution is 0.0198. The third-order valence-corrected chi connectivity index (χ3v) is 2.44. The molecule has 66 valence electrons. The van der Waals surface area contributed by atoms with Crippen LogP contribution in [0.15, 0.2) is 22.8 Å². The van der Waals surface area contributed by atoms with Crippen LogP contribution in [0, 0.1) is 5.92 Å². The predicted octanol–water partition coefficient (Wildman–Crippen LogP) is 2.29. The van der Waals surface area contributed by atoms with E-state index in [0.29, 0.717) is 11.7 Å². The van der Waals surface area contributed by atoms with Crippen molar-refractivity contribution < 1.29 is 9.52 Å². The van der Waals surface area contributed by atoms with E-state index in [1.165, 1.54) is 12.8 Å². The van der Waals surface area contributed by atoms with E-state index in [0.717, 1.165) is 6.42 Å². The molecule has 12 heavy (non-hydrogen) atoms. The SMILES string of the molecule is CC(O)(CC1CC1)c1ccco1. The van der Waals surface area contributed by atoms with Crippen LogP contribution in [-0.4, -0.2) is 5.11 Å². The molecule has 1 aliphatic rings. The first kappa shape index (κ1) is 7.87. The van der Waals surface area contributed by atoms with Gasteiger partial charge in [-0.25, -0.2) is 0 Å². The highest BCUT2D eigenvalue weighted by Gasteiger charge is 2.34. The lowest BCUT2D eigenvalue weighted by Crippen LogP contribution is -2.20. The molecular weight excluding hydrogens is 152 g/mol. The number of hydrogen-bond donors (Lipinski definition) is 1. The number of aliphatic hydroxyl groups is 1. The molecule has 2 heteroatoms. The van der Waals surface area contributed by atoms with Crippen molar-refractivity contribution in [2.75, 3.05) is 0 Å². The van der Waals surface area contributed by atoms with Gasteiger partial charge in [-0.2, -0.15) is 0 Å². The molecule has 0 amide bonds. The smallest absolute Gasteiger partial charge is 0.135 e. The van der Waals surface area contributed by atoms with Crippen LogP contribution in [0.3, 0.4) is 0 Å². The van der Waals surface area contributed by atoms with Crippen molar-refractivity contribution in [2.24, 2.45) is 5.92 Å². The van der Waals surface area contributed by atoms with Gasteiger partial charge in [-0.1, -0.05) is 12.8 Å². The molecule has 0 saturated heterocycles. The summed E-state index contributed by atoms with van der Waals surface area (Å²) in [6, 6.07) is 3.65. The summed E-state index contributed by atoms with van der Waals surface area (Å²) in [6.07, 6.45) is 4.96. The zero-order chi connectivity index (χ0) is 8.60. The second-order valence-electron chi connectivity index (χ2n) is 3.90. The first-order valence-corrected chi connectivity index (χ1v) is 4.45. The number of rotatable bonds is 3. The van der Waals surface area contributed by atoms with Gasteiger partial charge >= 0.3 is 0 Å². The maximum absolute atomic E-state index is 9.99. The largest absolute Gasteiger partial charge is 0.466 e. The summed E-state index contributed by atoms with van der Waals surface area (Å²) in [6.45, 7) is 1.82. The van der Waals surface area contributed by atoms with E-state index in [1.54, 1.807) is 6.26 Å². The maximum Gasteiger partial charge on any atom is 0.135 e. The summed E-state index contributed by atoms with van der Waals surface area (Å²) in [5, 5.41) is 9.99. The van der Waals surface area contributed by atoms with Crippen LogP contribution < -0.4 is 0 Å². The quantitative estimate of drug-likeness (QED) is 0.747. The van der Waals surface area contributed by atoms with Crippen molar-refractivity contribution in [1.82, 2.24) is 0 Å². The monoisotopic (exact) mass is 166 g/mol. The Kier molecular flexibility index (Phi) is 1.72. The fourth-order valence-corrected chi connectivity index (χ4v) is 1.57. The lowest BCUT2D eigenvalue weighted by Gasteiger charge is -2.19. The van der Waals surface area contributed by atoms with Gasteiger partial charge in [-0.3, -0.25) is 0 Å². The molecule has 2 rings (SSSR count). The van der Waals surface area contributed by atoms with Crippen LogP contribution in [0.1, 0.15) is 31.9 Å². The number of furan rings is 1. The molecule has 2 nitrogen and oxygen atoms in total. The Morgan fingerprint density at radius 1 is 1.67 bits per heavy atom. The molecule has 1 N–H and O–H groups in total. The van der Waals surface area contributed by atoms with Gasteiger partial charge in [0, 0.05) is 0 Å². The minimum absolute atomic E-state index is 0.689. The third-order valence-electron chi connectivity index (χ3n) is 2.44. The van der Waals surface area contributed by atoms with Gasteiger partial charge in [0.2, 0.25) is 0 Å². The maximum atomic E-state index is 9.99. The average Bonchev–Trinajstić information content (AvgIpc) is 2.67. The summed E-state index contributed by atoms with van der Waals surface area (Å²) in [5.74, 6) is 1.40. The van der Waals surface area contributed by atoms with Crippen LogP contribution in [0.2, 0.25) is 0 Å². The fourth-order valence-electron chi connectivity index (χ4n) is 1.57. The van der Waals surface area contributed by atoms with E-state index >= 15 is 0 Å². The van der Waals surface area contributed by atoms with Crippen molar-refractivity contribution >= 4 is 0 Å². The third kappa shape index (κ3) is 1.53. The van der Waals surface area contributed by atoms with E-state index in [2.05, 4.69) is 0 Å². The van der Waals surface area contributed by atoms with Gasteiger partial charge in [0.1, 0.15) is 11.4 Å². The van der Waals surface area contributed by atoms with E-state index in [9.17, 15) is 5.11 Å². The average molecular weight is 166 g/mol. The zero-order valence-corrected chi connectivity index (χ0v) is 7.29. The molecule has 1 atom stereocenters. The Bertz CT molecular complexity index is 245. The van der Waals surface area contributed by atoms with E-state index in [-0.39, 0.29) is 0 Å². The molecule has 1 unspecified atom stereocenters. The van der Waals surface area contributed by atoms with Crippen LogP contribution in [-0.2, 0) is 5.60 Å². The second kappa shape index (κ2) is 2.63. The van der Waals surface area contributed by atoms with Gasteiger partial charge in [0.15, 0.2) is 0 Å². The van der Waals surface area contributed by atoms with Gasteiger partial charge in [-0.15, -0.1) is 0 Å². The van der Waals surface area contributed by atoms with Crippen molar-refractivity contribution in [2.45, 2.75) is 31.8 Å². The highest BCUT2D eigenvalue weighted by molar-refractivity contribution is 5.08. The molecule has 1 fully saturated rings. The summed E-state index contributed by atoms with van der Waals surface area (Å²) in [7, 11) is 0. The Balaban J connectivity index is 2.08. The minimum atomic E-state index is -0.759. The Hall–Kier alpha value is -0.760. The van der Waals surface area contributed by atoms with Crippen LogP contribution in [0.5, 0.6) is 0 Å². The minimum Gasteiger partial charge on any atom is -0.466 e. The van der Waals surface area contributed by atoms with E-state index < -0.39 is 5.60 Å². The highest BCUT2D eigenvalue weighted by Crippen LogP contribution is 2.40. The molecule has 1 aliphatic carbocycles. The number of hydrogen-bond acceptors (Lipinski definition) is 2. The Morgan fingerprint density at radius 2 is 2.42 bits per heavy atom. The predicted molar refractivity (Wildman–Crippen MR) is 45.6 cm³/mol. The first-order valence-electron chi connectivity index (χ1n) is 4.45. The van der Waals surface area contributed by atoms with Crippen molar-refractivity contribution in [3.63, 3.8) is 0 Å². The molecule has 0 bridgehead atoms. The molecule has 1 aromatic heterocycles. The Morgan fingerprint density at radius 3 is 2.92 bits per heavy atom. The highest BCUT2D eigenvalue weighted by atomic mass is 16.4. The van der Waals surface area contributed by atoms with Crippen molar-refractivity contribution in [3.05, 3.63) is 24.2 Å². The lowest BCUT2D eigenvalue weighted by atomic mass is 9.96. The van der Waals surface area contributed by atoms with Gasteiger partial charge in [0.05, 0.1) is 6.26 Å². The second-order valence-corrected chi connectivity index (χ2v) is 3.90. The molecule has 0 aliphatic heterocycles. The molecule has 1 saturated carbocycles. The molecule has 0 aromatic carbocycles. The summed E-state index contributed by atoms with van der Waals surface area (Å²) >= 11 is 0. The fraction of sp³-hybridized carbons (Fsp3) is 0.600. The topological polar surface area (TPSA) is 33.4 Å². The molecule has 1 aromatic rings. The van der Waals surface area contributed by atoms with E-state index in [4.69, 9.17) is 4.42 Å². The summed E-state index contributed by atoms with van der Waals surface area (Å²) < 4.78 is 5.18. The van der Waals surface area contributed by atoms with Crippen LogP contribution in [0.25, 0.3) is 0 Å². The molecule has 1 heterocycles. The summed E-state index contributed by atoms with van der Waals surface area (Å²) in [5.41, 5.74) is -0.759. The molecular formula is C10H14O2. The summed E-state index contributed by atoms with van der Waals surface area (Å²) in [4.78, 5) is 0. The van der Waals surface area contributed by atoms with Crippen molar-refractivity contribution in [1.29, 1.82) is 0 Å². The van der Waals surface area contributed by atoms with Crippen LogP contribution in [0.4, 0.5) is 0 Å². The van der Waals surface area contributed by atoms with Gasteiger partial charge in [-0.05, 0) is 31.4 Å². The van der Waals surface area contributed by atoms with Crippen molar-refractivity contribution in [3.8, 4) is 0 Å². The van der Waals surface area contributed by atoms with Crippen LogP contribution >= 0.6 is 0 Å². The zero-order valence-electron chi connectivity index (χ0n) is 7.29. The van der Waals surface area contributed by atoms with Gasteiger partial charge in [0.25, 0.3) is 0 Å². The van der Waals surface area contributed by atoms with Gasteiger partial charge < -0.3 is 9.52 Å². The Labute approximate surface area is 72.2 Å². The normalized spacial score (nSPS) is 22.2. The molecule has 0 radical (unpaired) electrons. The standard InChI is InChI=1S/C10H14O2/c1-10(11,7-8-4-5-8)9-3-2-6-12-9/h2-3,6,8,11H,4-5,7H2,1H3. The van der Waals surface area contributed by atoms with E-state index in [1.807, 2.05) is 19.1 Å². The first-order chi connectivity index (χ1) is 5.68.